The number of hydrogen-bond acceptors (Lipinski definition) is 7. The fraction of sp³-hybridized carbons (Fsp3) is 0.583. The van der Waals surface area contributed by atoms with E-state index in [-0.39, 0.29) is 0 Å². The van der Waals surface area contributed by atoms with E-state index in [4.69, 9.17) is 4.74 Å². The summed E-state index contributed by atoms with van der Waals surface area (Å²) in [5, 5.41) is 14.4. The number of β-amino-alcohol motifs (C(OH)–C–C–N with tert-alkyl or cyclic N) is 1. The molecular formula is C24H35N5O2. The minimum atomic E-state index is -0.749. The molecular weight excluding hydrogens is 390 g/mol. The average molecular weight is 426 g/mol. The highest BCUT2D eigenvalue weighted by Gasteiger charge is 2.36. The van der Waals surface area contributed by atoms with Gasteiger partial charge in [0.1, 0.15) is 24.5 Å². The Bertz CT molecular complexity index is 842. The summed E-state index contributed by atoms with van der Waals surface area (Å²) in [6, 6.07) is 10.2. The topological polar surface area (TPSA) is 73.8 Å². The second-order valence-corrected chi connectivity index (χ2v) is 8.92. The summed E-state index contributed by atoms with van der Waals surface area (Å²) >= 11 is 0. The Kier molecular flexibility index (Phi) is 7.37. The zero-order valence-electron chi connectivity index (χ0n) is 18.6. The minimum absolute atomic E-state index is 0.549. The summed E-state index contributed by atoms with van der Waals surface area (Å²) in [4.78, 5) is 13.1. The molecule has 0 bridgehead atoms. The molecule has 0 saturated carbocycles. The molecule has 2 aliphatic heterocycles. The Labute approximate surface area is 185 Å². The lowest BCUT2D eigenvalue weighted by Crippen LogP contribution is -2.43. The SMILES string of the molecule is Cc1cc(N2CC[C@@](O)(CNCc3cccc(OCCN4CCCCC4)c3)C2)ncn1. The van der Waals surface area contributed by atoms with Gasteiger partial charge in [-0.05, 0) is 57.0 Å². The molecule has 31 heavy (non-hydrogen) atoms. The number of benzene rings is 1. The van der Waals surface area contributed by atoms with Gasteiger partial charge in [-0.3, -0.25) is 4.90 Å². The minimum Gasteiger partial charge on any atom is -0.492 e. The van der Waals surface area contributed by atoms with Crippen LogP contribution >= 0.6 is 0 Å². The van der Waals surface area contributed by atoms with Gasteiger partial charge in [-0.25, -0.2) is 9.97 Å². The van der Waals surface area contributed by atoms with Gasteiger partial charge in [-0.1, -0.05) is 18.6 Å². The van der Waals surface area contributed by atoms with Crippen LogP contribution in [0.1, 0.15) is 36.9 Å². The number of likely N-dealkylation sites (tertiary alicyclic amines) is 1. The molecule has 1 aromatic heterocycles. The molecule has 2 fully saturated rings. The number of piperidine rings is 1. The van der Waals surface area contributed by atoms with Gasteiger partial charge >= 0.3 is 0 Å². The molecule has 0 spiro atoms. The highest BCUT2D eigenvalue weighted by molar-refractivity contribution is 5.41. The van der Waals surface area contributed by atoms with E-state index >= 15 is 0 Å². The van der Waals surface area contributed by atoms with Crippen molar-refractivity contribution in [2.75, 3.05) is 50.8 Å². The number of aliphatic hydroxyl groups is 1. The van der Waals surface area contributed by atoms with E-state index in [0.29, 0.717) is 19.6 Å². The third kappa shape index (κ3) is 6.38. The van der Waals surface area contributed by atoms with Gasteiger partial charge in [0.05, 0.1) is 5.60 Å². The number of rotatable bonds is 9. The molecule has 7 nitrogen and oxygen atoms in total. The normalized spacial score (nSPS) is 22.1. The van der Waals surface area contributed by atoms with Gasteiger partial charge in [-0.2, -0.15) is 0 Å². The number of ether oxygens (including phenoxy) is 1. The zero-order valence-corrected chi connectivity index (χ0v) is 18.6. The van der Waals surface area contributed by atoms with Crippen LogP contribution in [-0.4, -0.2) is 71.5 Å². The van der Waals surface area contributed by atoms with Crippen molar-refractivity contribution in [3.05, 3.63) is 47.9 Å². The van der Waals surface area contributed by atoms with Crippen LogP contribution in [0.5, 0.6) is 5.75 Å². The number of anilines is 1. The van der Waals surface area contributed by atoms with Crippen LogP contribution in [-0.2, 0) is 6.54 Å². The second-order valence-electron chi connectivity index (χ2n) is 8.92. The van der Waals surface area contributed by atoms with Gasteiger partial charge < -0.3 is 20.1 Å². The van der Waals surface area contributed by atoms with Crippen LogP contribution in [0.2, 0.25) is 0 Å². The molecule has 2 saturated heterocycles. The monoisotopic (exact) mass is 425 g/mol. The molecule has 0 amide bonds. The molecule has 4 rings (SSSR count). The number of nitrogens with one attached hydrogen (secondary N) is 1. The summed E-state index contributed by atoms with van der Waals surface area (Å²) in [7, 11) is 0. The van der Waals surface area contributed by atoms with Crippen molar-refractivity contribution in [2.45, 2.75) is 44.8 Å². The van der Waals surface area contributed by atoms with Crippen LogP contribution in [0.4, 0.5) is 5.82 Å². The predicted molar refractivity (Wildman–Crippen MR) is 122 cm³/mol. The second kappa shape index (κ2) is 10.4. The molecule has 2 aliphatic rings. The van der Waals surface area contributed by atoms with E-state index in [2.05, 4.69) is 37.2 Å². The van der Waals surface area contributed by atoms with Gasteiger partial charge in [0.25, 0.3) is 0 Å². The fourth-order valence-corrected chi connectivity index (χ4v) is 4.47. The molecule has 7 heteroatoms. The van der Waals surface area contributed by atoms with Crippen molar-refractivity contribution in [1.29, 1.82) is 0 Å². The first-order valence-electron chi connectivity index (χ1n) is 11.5. The number of aromatic nitrogens is 2. The Hall–Kier alpha value is -2.22. The summed E-state index contributed by atoms with van der Waals surface area (Å²) in [5.74, 6) is 1.80. The Balaban J connectivity index is 1.21. The van der Waals surface area contributed by atoms with Crippen molar-refractivity contribution in [2.24, 2.45) is 0 Å². The third-order valence-electron chi connectivity index (χ3n) is 6.25. The molecule has 3 heterocycles. The molecule has 2 aromatic rings. The van der Waals surface area contributed by atoms with Gasteiger partial charge in [0.15, 0.2) is 0 Å². The van der Waals surface area contributed by atoms with E-state index in [9.17, 15) is 5.11 Å². The van der Waals surface area contributed by atoms with E-state index in [0.717, 1.165) is 43.4 Å². The van der Waals surface area contributed by atoms with Crippen LogP contribution in [0, 0.1) is 6.92 Å². The first-order valence-corrected chi connectivity index (χ1v) is 11.5. The molecule has 2 N–H and O–H groups in total. The fourth-order valence-electron chi connectivity index (χ4n) is 4.47. The molecule has 1 aromatic carbocycles. The van der Waals surface area contributed by atoms with Gasteiger partial charge in [0, 0.05) is 44.5 Å². The van der Waals surface area contributed by atoms with Crippen molar-refractivity contribution >= 4 is 5.82 Å². The van der Waals surface area contributed by atoms with E-state index in [1.165, 1.54) is 37.9 Å². The summed E-state index contributed by atoms with van der Waals surface area (Å²) < 4.78 is 5.98. The van der Waals surface area contributed by atoms with Crippen LogP contribution in [0.15, 0.2) is 36.7 Å². The first-order chi connectivity index (χ1) is 15.1. The number of aryl methyl sites for hydroxylation is 1. The lowest BCUT2D eigenvalue weighted by molar-refractivity contribution is 0.0626. The van der Waals surface area contributed by atoms with E-state index in [1.54, 1.807) is 6.33 Å². The summed E-state index contributed by atoms with van der Waals surface area (Å²) in [6.07, 6.45) is 6.29. The maximum absolute atomic E-state index is 11.0. The van der Waals surface area contributed by atoms with E-state index in [1.807, 2.05) is 25.1 Å². The quantitative estimate of drug-likeness (QED) is 0.639. The molecule has 0 unspecified atom stereocenters. The van der Waals surface area contributed by atoms with Crippen molar-refractivity contribution in [3.8, 4) is 5.75 Å². The smallest absolute Gasteiger partial charge is 0.132 e. The molecule has 0 aliphatic carbocycles. The summed E-state index contributed by atoms with van der Waals surface area (Å²) in [6.45, 7) is 8.72. The maximum atomic E-state index is 11.0. The van der Waals surface area contributed by atoms with Crippen molar-refractivity contribution < 1.29 is 9.84 Å². The number of hydrogen-bond donors (Lipinski definition) is 2. The van der Waals surface area contributed by atoms with Crippen LogP contribution < -0.4 is 15.0 Å². The Morgan fingerprint density at radius 1 is 1.13 bits per heavy atom. The largest absolute Gasteiger partial charge is 0.492 e. The Morgan fingerprint density at radius 2 is 2.00 bits per heavy atom. The molecule has 1 atom stereocenters. The zero-order chi connectivity index (χ0) is 21.5. The third-order valence-corrected chi connectivity index (χ3v) is 6.25. The lowest BCUT2D eigenvalue weighted by atomic mass is 10.0. The summed E-state index contributed by atoms with van der Waals surface area (Å²) in [5.41, 5.74) is 1.36. The average Bonchev–Trinajstić information content (AvgIpc) is 3.17. The van der Waals surface area contributed by atoms with Crippen molar-refractivity contribution in [1.82, 2.24) is 20.2 Å². The van der Waals surface area contributed by atoms with Crippen LogP contribution in [0.3, 0.4) is 0 Å². The van der Waals surface area contributed by atoms with Crippen LogP contribution in [0.25, 0.3) is 0 Å². The Morgan fingerprint density at radius 3 is 2.84 bits per heavy atom. The van der Waals surface area contributed by atoms with Gasteiger partial charge in [-0.15, -0.1) is 0 Å². The maximum Gasteiger partial charge on any atom is 0.132 e. The standard InChI is InChI=1S/C24H35N5O2/c1-20-14-23(27-19-26-20)29-11-8-24(30,18-29)17-25-16-21-6-5-7-22(15-21)31-13-12-28-9-3-2-4-10-28/h5-7,14-15,19,25,30H,2-4,8-13,16-18H2,1H3/t24-/m1/s1. The number of nitrogens with zero attached hydrogens (tertiary/aromatic N) is 4. The van der Waals surface area contributed by atoms with E-state index < -0.39 is 5.60 Å². The predicted octanol–water partition coefficient (Wildman–Crippen LogP) is 2.38. The van der Waals surface area contributed by atoms with Crippen molar-refractivity contribution in [3.63, 3.8) is 0 Å². The molecule has 0 radical (unpaired) electrons. The molecule has 168 valence electrons. The highest BCUT2D eigenvalue weighted by atomic mass is 16.5. The highest BCUT2D eigenvalue weighted by Crippen LogP contribution is 2.25. The first kappa shape index (κ1) is 22.0. The van der Waals surface area contributed by atoms with Gasteiger partial charge in [0.2, 0.25) is 0 Å². The lowest BCUT2D eigenvalue weighted by Gasteiger charge is -2.26.